The third kappa shape index (κ3) is 7.70. The first kappa shape index (κ1) is 23.8. The number of carbonyl (C=O) groups excluding carboxylic acids is 2. The first-order valence-corrected chi connectivity index (χ1v) is 9.46. The predicted octanol–water partition coefficient (Wildman–Crippen LogP) is 1.62. The van der Waals surface area contributed by atoms with Gasteiger partial charge in [-0.05, 0) is 47.5 Å². The van der Waals surface area contributed by atoms with E-state index in [1.807, 2.05) is 33.8 Å². The van der Waals surface area contributed by atoms with Crippen molar-refractivity contribution in [3.05, 3.63) is 11.6 Å². The highest BCUT2D eigenvalue weighted by Gasteiger charge is 2.49. The second-order valence-electron chi connectivity index (χ2n) is 7.90. The molecular weight excluding hydrogens is 350 g/mol. The predicted molar refractivity (Wildman–Crippen MR) is 102 cm³/mol. The maximum absolute atomic E-state index is 12.1. The molecule has 0 heterocycles. The van der Waals surface area contributed by atoms with E-state index in [-0.39, 0.29) is 24.8 Å². The minimum Gasteiger partial charge on any atom is -0.459 e. The van der Waals surface area contributed by atoms with Crippen LogP contribution in [0.4, 0.5) is 0 Å². The molecule has 0 amide bonds. The molecule has 0 unspecified atom stereocenters. The largest absolute Gasteiger partial charge is 0.459 e. The Labute approximate surface area is 162 Å². The molecule has 4 atom stereocenters. The molecule has 0 saturated heterocycles. The number of ether oxygens (including phenoxy) is 3. The zero-order chi connectivity index (χ0) is 20.6. The maximum Gasteiger partial charge on any atom is 0.320 e. The van der Waals surface area contributed by atoms with Gasteiger partial charge in [-0.2, -0.15) is 0 Å². The van der Waals surface area contributed by atoms with Crippen molar-refractivity contribution in [1.29, 1.82) is 0 Å². The summed E-state index contributed by atoms with van der Waals surface area (Å²) in [7, 11) is 1.55. The van der Waals surface area contributed by atoms with Crippen LogP contribution in [0.2, 0.25) is 0 Å². The lowest BCUT2D eigenvalue weighted by Crippen LogP contribution is -2.57. The van der Waals surface area contributed by atoms with E-state index >= 15 is 0 Å². The van der Waals surface area contributed by atoms with E-state index in [0.717, 1.165) is 5.57 Å². The van der Waals surface area contributed by atoms with Gasteiger partial charge in [-0.25, -0.2) is 0 Å². The zero-order valence-corrected chi connectivity index (χ0v) is 17.4. The number of allylic oxidation sites excluding steroid dienone is 1. The normalized spacial score (nSPS) is 25.7. The summed E-state index contributed by atoms with van der Waals surface area (Å²) >= 11 is 0. The van der Waals surface area contributed by atoms with E-state index in [1.54, 1.807) is 7.11 Å². The molecule has 156 valence electrons. The quantitative estimate of drug-likeness (QED) is 0.436. The number of nitrogens with one attached hydrogen (secondary N) is 1. The summed E-state index contributed by atoms with van der Waals surface area (Å²) < 4.78 is 17.2. The van der Waals surface area contributed by atoms with Crippen molar-refractivity contribution >= 4 is 11.8 Å². The van der Waals surface area contributed by atoms with Crippen molar-refractivity contribution in [1.82, 2.24) is 5.32 Å². The molecule has 0 aromatic heterocycles. The Morgan fingerprint density at radius 1 is 1.19 bits per heavy atom. The van der Waals surface area contributed by atoms with Crippen molar-refractivity contribution in [2.75, 3.05) is 26.8 Å². The molecule has 27 heavy (non-hydrogen) atoms. The van der Waals surface area contributed by atoms with E-state index in [4.69, 9.17) is 14.2 Å². The lowest BCUT2D eigenvalue weighted by atomic mass is 9.73. The van der Waals surface area contributed by atoms with Gasteiger partial charge in [0.05, 0.1) is 31.4 Å². The molecule has 1 saturated carbocycles. The third-order valence-electron chi connectivity index (χ3n) is 4.83. The topological polar surface area (TPSA) is 94.1 Å². The van der Waals surface area contributed by atoms with Gasteiger partial charge in [-0.1, -0.05) is 11.6 Å². The van der Waals surface area contributed by atoms with E-state index in [9.17, 15) is 14.7 Å². The number of ketones is 1. The van der Waals surface area contributed by atoms with Gasteiger partial charge < -0.3 is 24.6 Å². The van der Waals surface area contributed by atoms with Crippen LogP contribution in [0.15, 0.2) is 11.6 Å². The van der Waals surface area contributed by atoms with Crippen molar-refractivity contribution in [3.8, 4) is 0 Å². The second-order valence-corrected chi connectivity index (χ2v) is 7.90. The molecule has 0 aliphatic heterocycles. The van der Waals surface area contributed by atoms with E-state index in [0.29, 0.717) is 19.4 Å². The summed E-state index contributed by atoms with van der Waals surface area (Å²) in [5, 5.41) is 13.4. The smallest absolute Gasteiger partial charge is 0.320 e. The maximum atomic E-state index is 12.1. The van der Waals surface area contributed by atoms with Gasteiger partial charge in [0.1, 0.15) is 18.0 Å². The van der Waals surface area contributed by atoms with Crippen LogP contribution in [0.5, 0.6) is 0 Å². The van der Waals surface area contributed by atoms with Crippen LogP contribution in [-0.2, 0) is 23.8 Å². The fourth-order valence-corrected chi connectivity index (χ4v) is 3.48. The molecule has 1 aliphatic rings. The van der Waals surface area contributed by atoms with Crippen LogP contribution in [0.3, 0.4) is 0 Å². The van der Waals surface area contributed by atoms with Crippen molar-refractivity contribution in [2.45, 2.75) is 71.4 Å². The van der Waals surface area contributed by atoms with Gasteiger partial charge in [0.25, 0.3) is 0 Å². The Bertz CT molecular complexity index is 527. The molecule has 1 aliphatic carbocycles. The molecule has 2 N–H and O–H groups in total. The zero-order valence-electron chi connectivity index (χ0n) is 17.4. The first-order chi connectivity index (χ1) is 12.6. The van der Waals surface area contributed by atoms with Crippen molar-refractivity contribution in [3.63, 3.8) is 0 Å². The Hall–Kier alpha value is -1.28. The molecule has 0 spiro atoms. The molecule has 1 fully saturated rings. The summed E-state index contributed by atoms with van der Waals surface area (Å²) in [6, 6.07) is 0. The lowest BCUT2D eigenvalue weighted by Gasteiger charge is -2.46. The van der Waals surface area contributed by atoms with E-state index < -0.39 is 29.9 Å². The fourth-order valence-electron chi connectivity index (χ4n) is 3.48. The van der Waals surface area contributed by atoms with Crippen molar-refractivity contribution < 1.29 is 28.9 Å². The molecule has 1 rings (SSSR count). The highest BCUT2D eigenvalue weighted by atomic mass is 16.6. The Morgan fingerprint density at radius 2 is 1.85 bits per heavy atom. The molecule has 0 aromatic carbocycles. The minimum atomic E-state index is -0.663. The highest BCUT2D eigenvalue weighted by Crippen LogP contribution is 2.38. The molecule has 7 nitrogen and oxygen atoms in total. The van der Waals surface area contributed by atoms with Crippen LogP contribution in [0.1, 0.15) is 47.5 Å². The average molecular weight is 386 g/mol. The Morgan fingerprint density at radius 3 is 2.41 bits per heavy atom. The summed E-state index contributed by atoms with van der Waals surface area (Å²) in [6.07, 6.45) is 1.44. The summed E-state index contributed by atoms with van der Waals surface area (Å²) in [6.45, 7) is 9.81. The van der Waals surface area contributed by atoms with Crippen LogP contribution in [0, 0.1) is 5.92 Å². The fraction of sp³-hybridized carbons (Fsp3) is 0.800. The average Bonchev–Trinajstić information content (AvgIpc) is 2.54. The number of esters is 1. The standard InChI is InChI=1S/C20H35NO6/c1-13(2)9-10-26-20(4,5)18-15(23)7-8-16(19(18)25-6)27-17(24)12-21-11-14(3)22/h9,15-16,18-19,21,23H,7-8,10-12H2,1-6H3/t15-,16-,18-,19-/m1/s1. The van der Waals surface area contributed by atoms with Crippen LogP contribution in [0.25, 0.3) is 0 Å². The van der Waals surface area contributed by atoms with Crippen LogP contribution in [-0.4, -0.2) is 67.6 Å². The molecule has 0 radical (unpaired) electrons. The SMILES string of the molecule is CO[C@H]1[C@H](C(C)(C)OCC=C(C)C)[C@H](O)CC[C@H]1OC(=O)CNCC(C)=O. The van der Waals surface area contributed by atoms with Gasteiger partial charge in [0, 0.05) is 13.0 Å². The summed E-state index contributed by atoms with van der Waals surface area (Å²) in [4.78, 5) is 23.0. The van der Waals surface area contributed by atoms with Crippen molar-refractivity contribution in [2.24, 2.45) is 5.92 Å². The molecular formula is C20H35NO6. The van der Waals surface area contributed by atoms with Gasteiger partial charge in [0.15, 0.2) is 0 Å². The minimum absolute atomic E-state index is 0.0415. The van der Waals surface area contributed by atoms with Gasteiger partial charge in [0.2, 0.25) is 0 Å². The van der Waals surface area contributed by atoms with Gasteiger partial charge in [-0.15, -0.1) is 0 Å². The lowest BCUT2D eigenvalue weighted by molar-refractivity contribution is -0.199. The van der Waals surface area contributed by atoms with Gasteiger partial charge in [-0.3, -0.25) is 9.59 Å². The van der Waals surface area contributed by atoms with Gasteiger partial charge >= 0.3 is 5.97 Å². The highest BCUT2D eigenvalue weighted by molar-refractivity contribution is 5.78. The Kier molecular flexibility index (Phi) is 9.59. The number of hydrogen-bond acceptors (Lipinski definition) is 7. The third-order valence-corrected chi connectivity index (χ3v) is 4.83. The number of aliphatic hydroxyl groups is 1. The first-order valence-electron chi connectivity index (χ1n) is 9.46. The molecule has 0 aromatic rings. The van der Waals surface area contributed by atoms with Crippen LogP contribution >= 0.6 is 0 Å². The number of rotatable bonds is 10. The van der Waals surface area contributed by atoms with E-state index in [2.05, 4.69) is 5.32 Å². The second kappa shape index (κ2) is 10.9. The molecule has 0 bridgehead atoms. The summed E-state index contributed by atoms with van der Waals surface area (Å²) in [5.41, 5.74) is 0.493. The number of methoxy groups -OCH3 is 1. The number of Topliss-reactive ketones (excluding diaryl/α,β-unsaturated/α-hetero) is 1. The molecule has 7 heteroatoms. The number of aliphatic hydroxyl groups excluding tert-OH is 1. The number of hydrogen-bond donors (Lipinski definition) is 2. The Balaban J connectivity index is 2.78. The van der Waals surface area contributed by atoms with Crippen LogP contribution < -0.4 is 5.32 Å². The monoisotopic (exact) mass is 385 g/mol. The summed E-state index contributed by atoms with van der Waals surface area (Å²) in [5.74, 6) is -0.833. The van der Waals surface area contributed by atoms with E-state index in [1.165, 1.54) is 6.92 Å². The number of carbonyl (C=O) groups is 2.